The molecule has 0 aliphatic carbocycles. The minimum atomic E-state index is -0.440. The largest absolute Gasteiger partial charge is 0.492 e. The molecule has 1 aromatic rings. The van der Waals surface area contributed by atoms with E-state index in [1.165, 1.54) is 0 Å². The summed E-state index contributed by atoms with van der Waals surface area (Å²) in [7, 11) is 0. The van der Waals surface area contributed by atoms with Crippen LogP contribution in [0.25, 0.3) is 0 Å². The van der Waals surface area contributed by atoms with Gasteiger partial charge in [0.25, 0.3) is 0 Å². The van der Waals surface area contributed by atoms with Crippen LogP contribution < -0.4 is 10.1 Å². The quantitative estimate of drug-likeness (QED) is 0.879. The number of hydrogen-bond acceptors (Lipinski definition) is 3. The van der Waals surface area contributed by atoms with Crippen LogP contribution in [0.1, 0.15) is 20.3 Å². The third-order valence-electron chi connectivity index (χ3n) is 3.50. The van der Waals surface area contributed by atoms with Crippen molar-refractivity contribution in [2.75, 3.05) is 13.2 Å². The summed E-state index contributed by atoms with van der Waals surface area (Å²) in [5, 5.41) is 2.73. The number of amides is 2. The van der Waals surface area contributed by atoms with Gasteiger partial charge in [-0.15, -0.1) is 0 Å². The molecule has 1 aliphatic heterocycles. The van der Waals surface area contributed by atoms with Crippen LogP contribution in [-0.2, 0) is 9.59 Å². The minimum Gasteiger partial charge on any atom is -0.492 e. The summed E-state index contributed by atoms with van der Waals surface area (Å²) in [5.41, 5.74) is 0. The molecule has 2 amide bonds. The summed E-state index contributed by atoms with van der Waals surface area (Å²) < 4.78 is 5.58. The third kappa shape index (κ3) is 3.10. The smallest absolute Gasteiger partial charge is 0.245 e. The number of nitrogens with one attached hydrogen (secondary N) is 1. The molecule has 0 saturated carbocycles. The fourth-order valence-corrected chi connectivity index (χ4v) is 2.25. The number of rotatable bonds is 5. The molecule has 20 heavy (non-hydrogen) atoms. The van der Waals surface area contributed by atoms with Gasteiger partial charge in [-0.05, 0) is 25.5 Å². The first-order valence-electron chi connectivity index (χ1n) is 6.92. The lowest BCUT2D eigenvalue weighted by Crippen LogP contribution is -2.62. The molecule has 5 nitrogen and oxygen atoms in total. The Kier molecular flexibility index (Phi) is 4.61. The Morgan fingerprint density at radius 3 is 2.60 bits per heavy atom. The number of carbonyl (C=O) groups is 2. The zero-order valence-corrected chi connectivity index (χ0v) is 11.8. The van der Waals surface area contributed by atoms with Crippen LogP contribution in [0.2, 0.25) is 0 Å². The molecule has 5 heteroatoms. The van der Waals surface area contributed by atoms with Crippen molar-refractivity contribution in [3.8, 4) is 5.75 Å². The van der Waals surface area contributed by atoms with Gasteiger partial charge in [-0.1, -0.05) is 25.1 Å². The Bertz CT molecular complexity index is 475. The van der Waals surface area contributed by atoms with Gasteiger partial charge in [0.05, 0.1) is 6.54 Å². The van der Waals surface area contributed by atoms with Crippen LogP contribution in [-0.4, -0.2) is 41.9 Å². The molecule has 2 atom stereocenters. The number of benzene rings is 1. The Hall–Kier alpha value is -2.04. The molecule has 1 aromatic carbocycles. The number of hydrogen-bond donors (Lipinski definition) is 1. The molecule has 108 valence electrons. The van der Waals surface area contributed by atoms with E-state index in [1.54, 1.807) is 11.8 Å². The lowest BCUT2D eigenvalue weighted by molar-refractivity contribution is -0.149. The Balaban J connectivity index is 1.92. The highest BCUT2D eigenvalue weighted by Gasteiger charge is 2.36. The van der Waals surface area contributed by atoms with Crippen LogP contribution in [0.5, 0.6) is 5.75 Å². The molecule has 2 rings (SSSR count). The van der Waals surface area contributed by atoms with Crippen molar-refractivity contribution < 1.29 is 14.3 Å². The van der Waals surface area contributed by atoms with E-state index in [2.05, 4.69) is 5.32 Å². The number of carbonyl (C=O) groups excluding carboxylic acids is 2. The maximum absolute atomic E-state index is 12.2. The van der Waals surface area contributed by atoms with Crippen LogP contribution in [0, 0.1) is 0 Å². The van der Waals surface area contributed by atoms with E-state index in [0.29, 0.717) is 19.6 Å². The van der Waals surface area contributed by atoms with Gasteiger partial charge in [0.1, 0.15) is 24.4 Å². The van der Waals surface area contributed by atoms with Crippen LogP contribution in [0.15, 0.2) is 30.3 Å². The molecule has 1 N–H and O–H groups in total. The average Bonchev–Trinajstić information content (AvgIpc) is 2.47. The van der Waals surface area contributed by atoms with E-state index in [4.69, 9.17) is 4.74 Å². The van der Waals surface area contributed by atoms with Crippen molar-refractivity contribution in [2.45, 2.75) is 32.4 Å². The number of piperazine rings is 1. The molecule has 1 fully saturated rings. The van der Waals surface area contributed by atoms with Crippen molar-refractivity contribution >= 4 is 11.8 Å². The second kappa shape index (κ2) is 6.41. The fraction of sp³-hybridized carbons (Fsp3) is 0.467. The highest BCUT2D eigenvalue weighted by atomic mass is 16.5. The zero-order chi connectivity index (χ0) is 14.5. The van der Waals surface area contributed by atoms with Crippen LogP contribution >= 0.6 is 0 Å². The lowest BCUT2D eigenvalue weighted by Gasteiger charge is -2.36. The number of ether oxygens (including phenoxy) is 1. The van der Waals surface area contributed by atoms with E-state index in [-0.39, 0.29) is 11.8 Å². The molecule has 1 heterocycles. The molecule has 2 unspecified atom stereocenters. The summed E-state index contributed by atoms with van der Waals surface area (Å²) in [5.74, 6) is 0.633. The molecule has 0 spiro atoms. The fourth-order valence-electron chi connectivity index (χ4n) is 2.25. The topological polar surface area (TPSA) is 58.6 Å². The molecule has 1 aliphatic rings. The SMILES string of the molecule is CCC1NC(=O)C(C)N(CCOc2ccccc2)C1=O. The normalized spacial score (nSPS) is 22.6. The van der Waals surface area contributed by atoms with Gasteiger partial charge >= 0.3 is 0 Å². The maximum Gasteiger partial charge on any atom is 0.245 e. The van der Waals surface area contributed by atoms with Crippen LogP contribution in [0.3, 0.4) is 0 Å². The Labute approximate surface area is 118 Å². The highest BCUT2D eigenvalue weighted by Crippen LogP contribution is 2.13. The monoisotopic (exact) mass is 276 g/mol. The van der Waals surface area contributed by atoms with Gasteiger partial charge in [0, 0.05) is 0 Å². The van der Waals surface area contributed by atoms with E-state index >= 15 is 0 Å². The van der Waals surface area contributed by atoms with Gasteiger partial charge in [-0.2, -0.15) is 0 Å². The standard InChI is InChI=1S/C15H20N2O3/c1-3-13-15(19)17(11(2)14(18)16-13)9-10-20-12-7-5-4-6-8-12/h4-8,11,13H,3,9-10H2,1-2H3,(H,16,18). The van der Waals surface area contributed by atoms with Gasteiger partial charge in [0.2, 0.25) is 11.8 Å². The Morgan fingerprint density at radius 2 is 1.95 bits per heavy atom. The van der Waals surface area contributed by atoms with E-state index in [9.17, 15) is 9.59 Å². The van der Waals surface area contributed by atoms with Crippen molar-refractivity contribution in [1.82, 2.24) is 10.2 Å². The summed E-state index contributed by atoms with van der Waals surface area (Å²) in [6, 6.07) is 8.58. The predicted molar refractivity (Wildman–Crippen MR) is 75.3 cm³/mol. The molecular formula is C15H20N2O3. The second-order valence-corrected chi connectivity index (χ2v) is 4.84. The van der Waals surface area contributed by atoms with Crippen molar-refractivity contribution in [1.29, 1.82) is 0 Å². The number of nitrogens with zero attached hydrogens (tertiary/aromatic N) is 1. The highest BCUT2D eigenvalue weighted by molar-refractivity contribution is 5.96. The Morgan fingerprint density at radius 1 is 1.25 bits per heavy atom. The second-order valence-electron chi connectivity index (χ2n) is 4.84. The molecule has 0 bridgehead atoms. The first kappa shape index (κ1) is 14.4. The van der Waals surface area contributed by atoms with Crippen molar-refractivity contribution in [3.05, 3.63) is 30.3 Å². The summed E-state index contributed by atoms with van der Waals surface area (Å²) in [4.78, 5) is 25.6. The maximum atomic E-state index is 12.2. The molecule has 0 aromatic heterocycles. The van der Waals surface area contributed by atoms with Gasteiger partial charge in [0.15, 0.2) is 0 Å². The summed E-state index contributed by atoms with van der Waals surface area (Å²) >= 11 is 0. The first-order chi connectivity index (χ1) is 9.63. The van der Waals surface area contributed by atoms with Crippen LogP contribution in [0.4, 0.5) is 0 Å². The molecule has 0 radical (unpaired) electrons. The van der Waals surface area contributed by atoms with E-state index < -0.39 is 12.1 Å². The van der Waals surface area contributed by atoms with E-state index in [0.717, 1.165) is 5.75 Å². The summed E-state index contributed by atoms with van der Waals surface area (Å²) in [6.45, 7) is 4.42. The number of para-hydroxylation sites is 1. The van der Waals surface area contributed by atoms with Gasteiger partial charge in [-0.25, -0.2) is 0 Å². The van der Waals surface area contributed by atoms with Crippen molar-refractivity contribution in [2.24, 2.45) is 0 Å². The minimum absolute atomic E-state index is 0.0312. The lowest BCUT2D eigenvalue weighted by atomic mass is 10.1. The average molecular weight is 276 g/mol. The predicted octanol–water partition coefficient (Wildman–Crippen LogP) is 1.19. The van der Waals surface area contributed by atoms with Crippen molar-refractivity contribution in [3.63, 3.8) is 0 Å². The third-order valence-corrected chi connectivity index (χ3v) is 3.50. The summed E-state index contributed by atoms with van der Waals surface area (Å²) in [6.07, 6.45) is 0.604. The zero-order valence-electron chi connectivity index (χ0n) is 11.8. The molecular weight excluding hydrogens is 256 g/mol. The first-order valence-corrected chi connectivity index (χ1v) is 6.92. The van der Waals surface area contributed by atoms with E-state index in [1.807, 2.05) is 37.3 Å². The van der Waals surface area contributed by atoms with Gasteiger partial charge in [-0.3, -0.25) is 9.59 Å². The molecule has 1 saturated heterocycles. The van der Waals surface area contributed by atoms with Gasteiger partial charge < -0.3 is 15.0 Å².